The van der Waals surface area contributed by atoms with Gasteiger partial charge in [-0.1, -0.05) is 42.5 Å². The van der Waals surface area contributed by atoms with Crippen molar-refractivity contribution in [2.24, 2.45) is 5.10 Å². The Kier molecular flexibility index (Phi) is 7.65. The van der Waals surface area contributed by atoms with E-state index in [0.717, 1.165) is 16.1 Å². The van der Waals surface area contributed by atoms with Crippen molar-refractivity contribution in [1.29, 1.82) is 0 Å². The first-order valence-corrected chi connectivity index (χ1v) is 11.6. The van der Waals surface area contributed by atoms with Crippen molar-refractivity contribution in [3.05, 3.63) is 83.7 Å². The molecule has 1 amide bonds. The number of anilines is 2. The second kappa shape index (κ2) is 10.7. The van der Waals surface area contributed by atoms with Crippen LogP contribution in [0.1, 0.15) is 17.5 Å². The number of halogens is 4. The number of nitrogens with zero attached hydrogens (tertiary/aromatic N) is 2. The second-order valence-corrected chi connectivity index (χ2v) is 8.83. The molecule has 1 aliphatic rings. The van der Waals surface area contributed by atoms with Gasteiger partial charge in [-0.05, 0) is 60.3 Å². The number of rotatable bonds is 7. The molecule has 1 aliphatic heterocycles. The van der Waals surface area contributed by atoms with Gasteiger partial charge in [0.2, 0.25) is 5.91 Å². The summed E-state index contributed by atoms with van der Waals surface area (Å²) in [6.45, 7) is 3.69. The van der Waals surface area contributed by atoms with Crippen LogP contribution >= 0.6 is 0 Å². The molecule has 0 saturated carbocycles. The summed E-state index contributed by atoms with van der Waals surface area (Å²) in [4.78, 5) is 13.1. The molecule has 3 N–H and O–H groups in total. The van der Waals surface area contributed by atoms with Crippen LogP contribution in [-0.2, 0) is 11.3 Å². The molecule has 1 heterocycles. The van der Waals surface area contributed by atoms with Crippen molar-refractivity contribution in [3.8, 4) is 11.1 Å². The molecule has 11 heteroatoms. The van der Waals surface area contributed by atoms with Gasteiger partial charge in [0.25, 0.3) is 0 Å². The van der Waals surface area contributed by atoms with Gasteiger partial charge < -0.3 is 15.6 Å². The van der Waals surface area contributed by atoms with Crippen LogP contribution in [0.15, 0.2) is 71.8 Å². The van der Waals surface area contributed by atoms with Gasteiger partial charge in [0.15, 0.2) is 0 Å². The van der Waals surface area contributed by atoms with Crippen LogP contribution in [0.5, 0.6) is 0 Å². The molecule has 192 valence electrons. The molecule has 3 aromatic rings. The van der Waals surface area contributed by atoms with Crippen molar-refractivity contribution >= 4 is 30.0 Å². The normalized spacial score (nSPS) is 15.5. The standard InChI is InChI=1S/C26H25BF4N4O2/c1-16-6-3-4-9-20(16)18-10-11-22(21(28)13-18)33-25(36)23-14-24(26(29,30)31)34-35(23)19-8-5-7-17(12-19)15-32-27(2)37/h3-13,23,32,37H,14-15H2,1-2H3,(H,33,36). The van der Waals surface area contributed by atoms with Crippen LogP contribution in [0.3, 0.4) is 0 Å². The zero-order chi connectivity index (χ0) is 26.7. The highest BCUT2D eigenvalue weighted by Crippen LogP contribution is 2.33. The lowest BCUT2D eigenvalue weighted by Gasteiger charge is -2.23. The lowest BCUT2D eigenvalue weighted by atomic mass is 9.88. The van der Waals surface area contributed by atoms with E-state index in [4.69, 9.17) is 0 Å². The summed E-state index contributed by atoms with van der Waals surface area (Å²) in [5.41, 5.74) is 2.08. The number of hydrogen-bond acceptors (Lipinski definition) is 5. The molecule has 1 atom stereocenters. The Morgan fingerprint density at radius 2 is 1.89 bits per heavy atom. The fraction of sp³-hybridized carbons (Fsp3) is 0.231. The number of hydrazone groups is 1. The maximum absolute atomic E-state index is 14.9. The highest BCUT2D eigenvalue weighted by molar-refractivity contribution is 6.45. The van der Waals surface area contributed by atoms with Crippen LogP contribution in [-0.4, -0.2) is 35.9 Å². The predicted octanol–water partition coefficient (Wildman–Crippen LogP) is 5.14. The van der Waals surface area contributed by atoms with Gasteiger partial charge in [-0.2, -0.15) is 18.3 Å². The largest absolute Gasteiger partial charge is 0.437 e. The summed E-state index contributed by atoms with van der Waals surface area (Å²) in [5.74, 6) is -1.53. The Morgan fingerprint density at radius 3 is 2.57 bits per heavy atom. The maximum Gasteiger partial charge on any atom is 0.431 e. The summed E-state index contributed by atoms with van der Waals surface area (Å²) >= 11 is 0. The van der Waals surface area contributed by atoms with Crippen LogP contribution < -0.4 is 15.6 Å². The van der Waals surface area contributed by atoms with Crippen molar-refractivity contribution in [3.63, 3.8) is 0 Å². The summed E-state index contributed by atoms with van der Waals surface area (Å²) in [6, 6.07) is 16.9. The average Bonchev–Trinajstić information content (AvgIpc) is 3.31. The van der Waals surface area contributed by atoms with Crippen molar-refractivity contribution in [2.45, 2.75) is 38.9 Å². The number of carbonyl (C=O) groups excluding carboxylic acids is 1. The van der Waals surface area contributed by atoms with Crippen molar-refractivity contribution in [1.82, 2.24) is 5.23 Å². The molecule has 0 radical (unpaired) electrons. The predicted molar refractivity (Wildman–Crippen MR) is 137 cm³/mol. The third-order valence-electron chi connectivity index (χ3n) is 6.00. The Hall–Kier alpha value is -3.70. The minimum absolute atomic E-state index is 0.141. The molecule has 6 nitrogen and oxygen atoms in total. The fourth-order valence-electron chi connectivity index (χ4n) is 4.10. The minimum Gasteiger partial charge on any atom is -0.437 e. The van der Waals surface area contributed by atoms with Gasteiger partial charge in [-0.25, -0.2) is 4.39 Å². The van der Waals surface area contributed by atoms with E-state index in [9.17, 15) is 27.4 Å². The fourth-order valence-corrected chi connectivity index (χ4v) is 4.10. The smallest absolute Gasteiger partial charge is 0.431 e. The topological polar surface area (TPSA) is 77.0 Å². The lowest BCUT2D eigenvalue weighted by Crippen LogP contribution is -2.39. The monoisotopic (exact) mass is 512 g/mol. The Labute approximate surface area is 212 Å². The zero-order valence-corrected chi connectivity index (χ0v) is 20.2. The van der Waals surface area contributed by atoms with E-state index >= 15 is 0 Å². The molecule has 0 saturated heterocycles. The minimum atomic E-state index is -4.72. The molecular formula is C26H25BF4N4O2. The Morgan fingerprint density at radius 1 is 1.14 bits per heavy atom. The number of hydrogen-bond donors (Lipinski definition) is 3. The molecule has 4 rings (SSSR count). The maximum atomic E-state index is 14.9. The second-order valence-electron chi connectivity index (χ2n) is 8.83. The number of nitrogens with one attached hydrogen (secondary N) is 2. The molecule has 0 aliphatic carbocycles. The molecular weight excluding hydrogens is 487 g/mol. The quantitative estimate of drug-likeness (QED) is 0.303. The average molecular weight is 512 g/mol. The molecule has 0 spiro atoms. The van der Waals surface area contributed by atoms with E-state index < -0.39 is 43.1 Å². The Balaban J connectivity index is 1.58. The zero-order valence-electron chi connectivity index (χ0n) is 20.2. The van der Waals surface area contributed by atoms with Gasteiger partial charge in [0.1, 0.15) is 17.6 Å². The summed E-state index contributed by atoms with van der Waals surface area (Å²) < 4.78 is 55.5. The first-order chi connectivity index (χ1) is 17.5. The molecule has 37 heavy (non-hydrogen) atoms. The van der Waals surface area contributed by atoms with E-state index in [0.29, 0.717) is 11.1 Å². The van der Waals surface area contributed by atoms with Crippen LogP contribution in [0, 0.1) is 12.7 Å². The highest BCUT2D eigenvalue weighted by Gasteiger charge is 2.45. The van der Waals surface area contributed by atoms with Crippen LogP contribution in [0.25, 0.3) is 11.1 Å². The molecule has 0 fully saturated rings. The van der Waals surface area contributed by atoms with Crippen LogP contribution in [0.2, 0.25) is 6.82 Å². The lowest BCUT2D eigenvalue weighted by molar-refractivity contribution is -0.117. The van der Waals surface area contributed by atoms with Crippen molar-refractivity contribution < 1.29 is 27.4 Å². The first-order valence-electron chi connectivity index (χ1n) is 11.6. The van der Waals surface area contributed by atoms with Gasteiger partial charge in [-0.15, -0.1) is 0 Å². The summed E-state index contributed by atoms with van der Waals surface area (Å²) in [7, 11) is -0.782. The number of amides is 1. The molecule has 3 aromatic carbocycles. The number of aryl methyl sites for hydroxylation is 1. The van der Waals surface area contributed by atoms with Gasteiger partial charge in [0, 0.05) is 13.0 Å². The number of alkyl halides is 3. The van der Waals surface area contributed by atoms with Gasteiger partial charge in [0.05, 0.1) is 11.4 Å². The molecule has 0 aromatic heterocycles. The van der Waals surface area contributed by atoms with E-state index in [2.05, 4.69) is 15.6 Å². The van der Waals surface area contributed by atoms with E-state index in [-0.39, 0.29) is 17.9 Å². The van der Waals surface area contributed by atoms with Gasteiger partial charge >= 0.3 is 13.2 Å². The molecule has 1 unspecified atom stereocenters. The SMILES string of the molecule is CB(O)NCc1cccc(N2N=C(C(F)(F)F)CC2C(=O)Nc2ccc(-c3ccccc3C)cc2F)c1. The summed E-state index contributed by atoms with van der Waals surface area (Å²) in [5, 5.41) is 19.4. The van der Waals surface area contributed by atoms with E-state index in [1.54, 1.807) is 24.3 Å². The summed E-state index contributed by atoms with van der Waals surface area (Å²) in [6.07, 6.45) is -5.41. The van der Waals surface area contributed by atoms with Gasteiger partial charge in [-0.3, -0.25) is 9.80 Å². The molecule has 0 bridgehead atoms. The first kappa shape index (κ1) is 26.4. The van der Waals surface area contributed by atoms with Crippen LogP contribution in [0.4, 0.5) is 28.9 Å². The third-order valence-corrected chi connectivity index (χ3v) is 6.00. The van der Waals surface area contributed by atoms with Crippen molar-refractivity contribution in [2.75, 3.05) is 10.3 Å². The number of carbonyl (C=O) groups is 1. The van der Waals surface area contributed by atoms with E-state index in [1.807, 2.05) is 31.2 Å². The van der Waals surface area contributed by atoms with E-state index in [1.165, 1.54) is 25.0 Å². The Bertz CT molecular complexity index is 1330. The number of benzene rings is 3. The third kappa shape index (κ3) is 6.18. The highest BCUT2D eigenvalue weighted by atomic mass is 19.4.